The van der Waals surface area contributed by atoms with Gasteiger partial charge < -0.3 is 4.23 Å². The lowest BCUT2D eigenvalue weighted by molar-refractivity contribution is 1.20. The maximum Gasteiger partial charge on any atom is 0.128 e. The van der Waals surface area contributed by atoms with Crippen molar-refractivity contribution in [2.75, 3.05) is 0 Å². The van der Waals surface area contributed by atoms with Gasteiger partial charge in [0.15, 0.2) is 0 Å². The molecule has 1 rings (SSSR count). The first kappa shape index (κ1) is 6.83. The highest BCUT2D eigenvalue weighted by Crippen LogP contribution is 1.90. The molecule has 1 aromatic rings. The van der Waals surface area contributed by atoms with Gasteiger partial charge in [-0.25, -0.2) is 0 Å². The van der Waals surface area contributed by atoms with Crippen LogP contribution in [0.2, 0.25) is 12.1 Å². The molecule has 1 heterocycles. The largest absolute Gasteiger partial charge is 0.386 e. The number of nitrogens with zero attached hydrogens (tertiary/aromatic N) is 1. The Morgan fingerprint density at radius 3 is 2.56 bits per heavy atom. The molecule has 0 aliphatic rings. The minimum Gasteiger partial charge on any atom is -0.386 e. The van der Waals surface area contributed by atoms with Crippen molar-refractivity contribution in [1.82, 2.24) is 4.23 Å². The van der Waals surface area contributed by atoms with Gasteiger partial charge in [0.2, 0.25) is 0 Å². The zero-order valence-electron chi connectivity index (χ0n) is 5.88. The normalized spacial score (nSPS) is 11.6. The summed E-state index contributed by atoms with van der Waals surface area (Å²) >= 11 is 0. The molecule has 0 unspecified atom stereocenters. The maximum absolute atomic E-state index is 2.37. The molecule has 0 radical (unpaired) electrons. The molecular formula is C6H13NSi2. The third-order valence-corrected chi connectivity index (χ3v) is 5.52. The van der Waals surface area contributed by atoms with E-state index in [0.29, 0.717) is 0 Å². The Kier molecular flexibility index (Phi) is 2.80. The third-order valence-electron chi connectivity index (χ3n) is 1.44. The van der Waals surface area contributed by atoms with Crippen LogP contribution in [0.3, 0.4) is 0 Å². The van der Waals surface area contributed by atoms with E-state index in [4.69, 9.17) is 0 Å². The van der Waals surface area contributed by atoms with Gasteiger partial charge in [0, 0.05) is 10.2 Å². The quantitative estimate of drug-likeness (QED) is 0.525. The summed E-state index contributed by atoms with van der Waals surface area (Å²) in [6.07, 6.45) is 4.37. The Morgan fingerprint density at radius 1 is 1.33 bits per heavy atom. The van der Waals surface area contributed by atoms with Gasteiger partial charge in [-0.15, -0.1) is 0 Å². The first-order valence-electron chi connectivity index (χ1n) is 3.54. The fraction of sp³-hybridized carbons (Fsp3) is 0.333. The second-order valence-corrected chi connectivity index (χ2v) is 5.16. The second kappa shape index (κ2) is 3.68. The molecule has 0 bridgehead atoms. The number of aromatic nitrogens is 1. The van der Waals surface area contributed by atoms with Gasteiger partial charge in [0.1, 0.15) is 9.68 Å². The molecule has 0 saturated heterocycles. The fourth-order valence-electron chi connectivity index (χ4n) is 0.860. The van der Waals surface area contributed by atoms with Crippen molar-refractivity contribution in [3.8, 4) is 0 Å². The zero-order chi connectivity index (χ0) is 6.53. The van der Waals surface area contributed by atoms with Gasteiger partial charge >= 0.3 is 0 Å². The molecule has 9 heavy (non-hydrogen) atoms. The van der Waals surface area contributed by atoms with Crippen molar-refractivity contribution in [3.63, 3.8) is 0 Å². The van der Waals surface area contributed by atoms with Crippen LogP contribution in [-0.2, 0) is 0 Å². The van der Waals surface area contributed by atoms with Crippen LogP contribution in [-0.4, -0.2) is 24.2 Å². The van der Waals surface area contributed by atoms with E-state index in [1.54, 1.807) is 0 Å². The van der Waals surface area contributed by atoms with Crippen molar-refractivity contribution in [3.05, 3.63) is 24.5 Å². The molecule has 0 aliphatic heterocycles. The highest BCUT2D eigenvalue weighted by Gasteiger charge is 1.85. The lowest BCUT2D eigenvalue weighted by Gasteiger charge is -1.96. The van der Waals surface area contributed by atoms with Crippen molar-refractivity contribution in [2.45, 2.75) is 12.1 Å². The summed E-state index contributed by atoms with van der Waals surface area (Å²) in [5.41, 5.74) is 0. The van der Waals surface area contributed by atoms with Gasteiger partial charge in [-0.3, -0.25) is 0 Å². The van der Waals surface area contributed by atoms with Crippen molar-refractivity contribution >= 4 is 19.9 Å². The van der Waals surface area contributed by atoms with E-state index in [9.17, 15) is 0 Å². The van der Waals surface area contributed by atoms with Crippen LogP contribution in [0.5, 0.6) is 0 Å². The van der Waals surface area contributed by atoms with Gasteiger partial charge in [0.05, 0.1) is 0 Å². The second-order valence-electron chi connectivity index (χ2n) is 2.27. The fourth-order valence-corrected chi connectivity index (χ4v) is 3.03. The Balaban J connectivity index is 2.30. The predicted molar refractivity (Wildman–Crippen MR) is 47.9 cm³/mol. The van der Waals surface area contributed by atoms with E-state index in [2.05, 4.69) is 28.8 Å². The van der Waals surface area contributed by atoms with Crippen LogP contribution in [0.4, 0.5) is 0 Å². The van der Waals surface area contributed by atoms with Crippen molar-refractivity contribution < 1.29 is 0 Å². The first-order chi connectivity index (χ1) is 4.43. The summed E-state index contributed by atoms with van der Waals surface area (Å²) < 4.78 is 2.37. The molecule has 0 fully saturated rings. The lowest BCUT2D eigenvalue weighted by atomic mass is 10.7. The van der Waals surface area contributed by atoms with Gasteiger partial charge in [0.25, 0.3) is 0 Å². The van der Waals surface area contributed by atoms with E-state index >= 15 is 0 Å². The topological polar surface area (TPSA) is 4.93 Å². The Bertz CT molecular complexity index is 148. The molecular weight excluding hydrogens is 142 g/mol. The van der Waals surface area contributed by atoms with Crippen LogP contribution in [0.1, 0.15) is 0 Å². The smallest absolute Gasteiger partial charge is 0.128 e. The first-order valence-corrected chi connectivity index (χ1v) is 6.59. The van der Waals surface area contributed by atoms with E-state index in [1.165, 1.54) is 22.3 Å². The standard InChI is InChI=1S/C6H13NSi2/c8-5-6-9-7-3-1-2-4-7/h1-4H,5-6,9H2,8H3. The van der Waals surface area contributed by atoms with E-state index in [0.717, 1.165) is 0 Å². The lowest BCUT2D eigenvalue weighted by Crippen LogP contribution is -2.01. The van der Waals surface area contributed by atoms with Crippen LogP contribution in [0.15, 0.2) is 24.5 Å². The molecule has 1 nitrogen and oxygen atoms in total. The summed E-state index contributed by atoms with van der Waals surface area (Å²) in [7, 11) is 1.46. The molecule has 0 saturated carbocycles. The minimum absolute atomic E-state index is 0.0822. The molecule has 0 spiro atoms. The van der Waals surface area contributed by atoms with E-state index < -0.39 is 0 Å². The Hall–Kier alpha value is -0.286. The zero-order valence-corrected chi connectivity index (χ0v) is 9.29. The summed E-state index contributed by atoms with van der Waals surface area (Å²) in [5, 5.41) is 0. The molecule has 50 valence electrons. The SMILES string of the molecule is [SiH3]CC[SiH2]n1cccc1. The van der Waals surface area contributed by atoms with Crippen LogP contribution in [0, 0.1) is 0 Å². The molecule has 0 aromatic carbocycles. The average molecular weight is 155 g/mol. The van der Waals surface area contributed by atoms with Crippen LogP contribution >= 0.6 is 0 Å². The van der Waals surface area contributed by atoms with Crippen LogP contribution in [0.25, 0.3) is 0 Å². The molecule has 0 amide bonds. The number of hydrogen-bond donors (Lipinski definition) is 0. The molecule has 0 aliphatic carbocycles. The van der Waals surface area contributed by atoms with Gasteiger partial charge in [-0.05, 0) is 30.6 Å². The van der Waals surface area contributed by atoms with Crippen LogP contribution < -0.4 is 0 Å². The predicted octanol–water partition coefficient (Wildman–Crippen LogP) is -0.378. The monoisotopic (exact) mass is 155 g/mol. The highest BCUT2D eigenvalue weighted by atomic mass is 28.2. The summed E-state index contributed by atoms with van der Waals surface area (Å²) in [5.74, 6) is 0. The minimum atomic E-state index is 0.0822. The van der Waals surface area contributed by atoms with E-state index in [-0.39, 0.29) is 9.68 Å². The molecule has 0 N–H and O–H groups in total. The summed E-state index contributed by atoms with van der Waals surface area (Å²) in [6, 6.07) is 7.19. The van der Waals surface area contributed by atoms with Crippen molar-refractivity contribution in [2.24, 2.45) is 0 Å². The number of rotatable bonds is 3. The third kappa shape index (κ3) is 2.19. The van der Waals surface area contributed by atoms with E-state index in [1.807, 2.05) is 0 Å². The summed E-state index contributed by atoms with van der Waals surface area (Å²) in [4.78, 5) is 0. The molecule has 0 atom stereocenters. The molecule has 3 heteroatoms. The van der Waals surface area contributed by atoms with Crippen molar-refractivity contribution in [1.29, 1.82) is 0 Å². The van der Waals surface area contributed by atoms with Gasteiger partial charge in [-0.1, -0.05) is 6.04 Å². The summed E-state index contributed by atoms with van der Waals surface area (Å²) in [6.45, 7) is 0. The maximum atomic E-state index is 2.37. The highest BCUT2D eigenvalue weighted by molar-refractivity contribution is 6.35. The molecule has 1 aromatic heterocycles. The van der Waals surface area contributed by atoms with Gasteiger partial charge in [-0.2, -0.15) is 0 Å². The average Bonchev–Trinajstić information content (AvgIpc) is 2.34. The Labute approximate surface area is 61.4 Å². The number of hydrogen-bond acceptors (Lipinski definition) is 0. The Morgan fingerprint density at radius 2 is 2.00 bits per heavy atom.